The number of hydrogen-bond acceptors (Lipinski definition) is 2. The molecule has 0 spiro atoms. The zero-order valence-electron chi connectivity index (χ0n) is 8.29. The van der Waals surface area contributed by atoms with Crippen LogP contribution in [-0.2, 0) is 11.2 Å². The van der Waals surface area contributed by atoms with Gasteiger partial charge in [-0.05, 0) is 30.5 Å². The van der Waals surface area contributed by atoms with Crippen LogP contribution in [0.3, 0.4) is 0 Å². The maximum Gasteiger partial charge on any atom is 0.0878 e. The number of rotatable bonds is 4. The van der Waals surface area contributed by atoms with Gasteiger partial charge >= 0.3 is 0 Å². The molecule has 0 aromatic carbocycles. The van der Waals surface area contributed by atoms with Crippen LogP contribution in [0.5, 0.6) is 0 Å². The van der Waals surface area contributed by atoms with E-state index >= 15 is 0 Å². The van der Waals surface area contributed by atoms with Crippen LogP contribution in [0.2, 0.25) is 0 Å². The lowest BCUT2D eigenvalue weighted by Crippen LogP contribution is -1.93. The number of nitrogens with zero attached hydrogens (tertiary/aromatic N) is 1. The first kappa shape index (κ1) is 9.21. The van der Waals surface area contributed by atoms with Gasteiger partial charge in [-0.15, -0.1) is 0 Å². The maximum absolute atomic E-state index is 5.01. The first-order valence-electron chi connectivity index (χ1n) is 4.81. The number of nitrogens with one attached hydrogen (secondary N) is 1. The Labute approximate surface area is 83.1 Å². The molecule has 2 rings (SSSR count). The first-order chi connectivity index (χ1) is 6.90. The highest BCUT2D eigenvalue weighted by Gasteiger charge is 1.98. The molecule has 3 heteroatoms. The lowest BCUT2D eigenvalue weighted by molar-refractivity contribution is 0.195. The summed E-state index contributed by atoms with van der Waals surface area (Å²) in [6.45, 7) is 0.808. The van der Waals surface area contributed by atoms with Crippen LogP contribution in [0.25, 0.3) is 11.0 Å². The highest BCUT2D eigenvalue weighted by Crippen LogP contribution is 2.11. The molecule has 74 valence electrons. The van der Waals surface area contributed by atoms with Gasteiger partial charge in [-0.3, -0.25) is 4.98 Å². The van der Waals surface area contributed by atoms with Gasteiger partial charge in [0.05, 0.1) is 11.0 Å². The molecule has 0 unspecified atom stereocenters. The van der Waals surface area contributed by atoms with Crippen molar-refractivity contribution in [2.24, 2.45) is 0 Å². The quantitative estimate of drug-likeness (QED) is 0.750. The van der Waals surface area contributed by atoms with Gasteiger partial charge in [-0.25, -0.2) is 0 Å². The summed E-state index contributed by atoms with van der Waals surface area (Å²) < 4.78 is 5.01. The number of ether oxygens (including phenoxy) is 1. The van der Waals surface area contributed by atoms with E-state index in [1.54, 1.807) is 7.11 Å². The van der Waals surface area contributed by atoms with Crippen molar-refractivity contribution in [3.05, 3.63) is 30.1 Å². The number of pyridine rings is 1. The Balaban J connectivity index is 2.10. The molecule has 2 heterocycles. The number of H-pyrrole nitrogens is 1. The van der Waals surface area contributed by atoms with Gasteiger partial charge in [-0.2, -0.15) is 0 Å². The molecule has 0 aliphatic carbocycles. The monoisotopic (exact) mass is 190 g/mol. The highest BCUT2D eigenvalue weighted by molar-refractivity contribution is 5.74. The molecule has 0 aliphatic heterocycles. The van der Waals surface area contributed by atoms with E-state index in [-0.39, 0.29) is 0 Å². The fraction of sp³-hybridized carbons (Fsp3) is 0.364. The Kier molecular flexibility index (Phi) is 2.79. The molecule has 0 bridgehead atoms. The minimum Gasteiger partial charge on any atom is -0.385 e. The second kappa shape index (κ2) is 4.24. The van der Waals surface area contributed by atoms with E-state index in [4.69, 9.17) is 4.74 Å². The van der Waals surface area contributed by atoms with Crippen LogP contribution in [0.1, 0.15) is 12.0 Å². The Morgan fingerprint density at radius 1 is 1.50 bits per heavy atom. The Morgan fingerprint density at radius 3 is 3.29 bits per heavy atom. The van der Waals surface area contributed by atoms with Gasteiger partial charge in [-0.1, -0.05) is 0 Å². The zero-order chi connectivity index (χ0) is 9.80. The molecule has 0 fully saturated rings. The minimum atomic E-state index is 0.808. The Morgan fingerprint density at radius 2 is 2.43 bits per heavy atom. The number of aryl methyl sites for hydroxylation is 1. The summed E-state index contributed by atoms with van der Waals surface area (Å²) in [5.41, 5.74) is 3.40. The maximum atomic E-state index is 5.01. The standard InChI is InChI=1S/C11H14N2O/c1-14-6-2-3-9-7-11-10(13-8-9)4-5-12-11/h4-5,7-8,12H,2-3,6H2,1H3. The second-order valence-corrected chi connectivity index (χ2v) is 3.35. The molecule has 0 saturated carbocycles. The van der Waals surface area contributed by atoms with E-state index in [9.17, 15) is 0 Å². The van der Waals surface area contributed by atoms with Gasteiger partial charge in [0, 0.05) is 26.1 Å². The average Bonchev–Trinajstić information content (AvgIpc) is 2.65. The Hall–Kier alpha value is -1.35. The highest BCUT2D eigenvalue weighted by atomic mass is 16.5. The van der Waals surface area contributed by atoms with Crippen molar-refractivity contribution in [3.8, 4) is 0 Å². The van der Waals surface area contributed by atoms with Gasteiger partial charge in [0.25, 0.3) is 0 Å². The number of hydrogen-bond donors (Lipinski definition) is 1. The van der Waals surface area contributed by atoms with Crippen molar-refractivity contribution in [1.82, 2.24) is 9.97 Å². The van der Waals surface area contributed by atoms with E-state index in [1.807, 2.05) is 18.5 Å². The van der Waals surface area contributed by atoms with Crippen LogP contribution < -0.4 is 0 Å². The van der Waals surface area contributed by atoms with Crippen molar-refractivity contribution >= 4 is 11.0 Å². The smallest absolute Gasteiger partial charge is 0.0878 e. The van der Waals surface area contributed by atoms with Crippen molar-refractivity contribution in [2.45, 2.75) is 12.8 Å². The molecule has 0 atom stereocenters. The largest absolute Gasteiger partial charge is 0.385 e. The molecule has 0 saturated heterocycles. The van der Waals surface area contributed by atoms with E-state index < -0.39 is 0 Å². The summed E-state index contributed by atoms with van der Waals surface area (Å²) >= 11 is 0. The summed E-state index contributed by atoms with van der Waals surface area (Å²) in [5, 5.41) is 0. The fourth-order valence-electron chi connectivity index (χ4n) is 1.53. The minimum absolute atomic E-state index is 0.808. The zero-order valence-corrected chi connectivity index (χ0v) is 8.29. The van der Waals surface area contributed by atoms with Gasteiger partial charge in [0.1, 0.15) is 0 Å². The van der Waals surface area contributed by atoms with Crippen LogP contribution in [0, 0.1) is 0 Å². The van der Waals surface area contributed by atoms with Crippen molar-refractivity contribution in [1.29, 1.82) is 0 Å². The number of aromatic amines is 1. The molecule has 0 amide bonds. The summed E-state index contributed by atoms with van der Waals surface area (Å²) in [6, 6.07) is 4.13. The van der Waals surface area contributed by atoms with Crippen LogP contribution >= 0.6 is 0 Å². The van der Waals surface area contributed by atoms with Crippen molar-refractivity contribution in [3.63, 3.8) is 0 Å². The Bertz CT molecular complexity index is 408. The van der Waals surface area contributed by atoms with Crippen LogP contribution in [0.15, 0.2) is 24.5 Å². The normalized spacial score (nSPS) is 10.9. The van der Waals surface area contributed by atoms with Gasteiger partial charge in [0.15, 0.2) is 0 Å². The van der Waals surface area contributed by atoms with E-state index in [1.165, 1.54) is 5.56 Å². The molecule has 0 radical (unpaired) electrons. The predicted molar refractivity (Wildman–Crippen MR) is 56.3 cm³/mol. The molecule has 2 aromatic heterocycles. The van der Waals surface area contributed by atoms with Crippen molar-refractivity contribution < 1.29 is 4.74 Å². The van der Waals surface area contributed by atoms with E-state index in [0.717, 1.165) is 30.5 Å². The molecule has 3 nitrogen and oxygen atoms in total. The topological polar surface area (TPSA) is 37.9 Å². The number of aromatic nitrogens is 2. The van der Waals surface area contributed by atoms with Crippen LogP contribution in [-0.4, -0.2) is 23.7 Å². The molecule has 0 aliphatic rings. The molecule has 14 heavy (non-hydrogen) atoms. The molecular weight excluding hydrogens is 176 g/mol. The molecule has 2 aromatic rings. The fourth-order valence-corrected chi connectivity index (χ4v) is 1.53. The van der Waals surface area contributed by atoms with Crippen LogP contribution in [0.4, 0.5) is 0 Å². The van der Waals surface area contributed by atoms with E-state index in [2.05, 4.69) is 16.0 Å². The lowest BCUT2D eigenvalue weighted by atomic mass is 10.1. The summed E-state index contributed by atoms with van der Waals surface area (Å²) in [5.74, 6) is 0. The predicted octanol–water partition coefficient (Wildman–Crippen LogP) is 2.14. The SMILES string of the molecule is COCCCc1cnc2cc[nH]c2c1. The third kappa shape index (κ3) is 1.93. The second-order valence-electron chi connectivity index (χ2n) is 3.35. The summed E-state index contributed by atoms with van der Waals surface area (Å²) in [7, 11) is 1.73. The first-order valence-corrected chi connectivity index (χ1v) is 4.81. The third-order valence-corrected chi connectivity index (χ3v) is 2.27. The average molecular weight is 190 g/mol. The molecule has 1 N–H and O–H groups in total. The van der Waals surface area contributed by atoms with E-state index in [0.29, 0.717) is 0 Å². The number of fused-ring (bicyclic) bond motifs is 1. The molecular formula is C11H14N2O. The summed E-state index contributed by atoms with van der Waals surface area (Å²) in [6.07, 6.45) is 5.92. The van der Waals surface area contributed by atoms with Gasteiger partial charge < -0.3 is 9.72 Å². The number of methoxy groups -OCH3 is 1. The lowest BCUT2D eigenvalue weighted by Gasteiger charge is -2.00. The van der Waals surface area contributed by atoms with Crippen molar-refractivity contribution in [2.75, 3.05) is 13.7 Å². The summed E-state index contributed by atoms with van der Waals surface area (Å²) in [4.78, 5) is 7.50. The van der Waals surface area contributed by atoms with Gasteiger partial charge in [0.2, 0.25) is 0 Å². The third-order valence-electron chi connectivity index (χ3n) is 2.27.